The molecule has 0 unspecified atom stereocenters. The van der Waals surface area contributed by atoms with Crippen molar-refractivity contribution in [2.24, 2.45) is 5.10 Å². The van der Waals surface area contributed by atoms with E-state index >= 15 is 0 Å². The predicted molar refractivity (Wildman–Crippen MR) is 103 cm³/mol. The van der Waals surface area contributed by atoms with E-state index in [1.54, 1.807) is 38.7 Å². The fourth-order valence-electron chi connectivity index (χ4n) is 2.47. The number of hydrogen-bond acceptors (Lipinski definition) is 5. The highest BCUT2D eigenvalue weighted by molar-refractivity contribution is 6.13. The summed E-state index contributed by atoms with van der Waals surface area (Å²) in [6.45, 7) is 0. The van der Waals surface area contributed by atoms with Crippen molar-refractivity contribution in [2.45, 2.75) is 0 Å². The van der Waals surface area contributed by atoms with E-state index in [0.29, 0.717) is 11.3 Å². The minimum absolute atomic E-state index is 0.308. The van der Waals surface area contributed by atoms with Crippen molar-refractivity contribution in [1.82, 2.24) is 10.4 Å². The van der Waals surface area contributed by atoms with Gasteiger partial charge in [-0.1, -0.05) is 0 Å². The number of methoxy groups -OCH3 is 2. The van der Waals surface area contributed by atoms with Crippen LogP contribution in [0, 0.1) is 0 Å². The summed E-state index contributed by atoms with van der Waals surface area (Å²) in [5.41, 5.74) is 5.41. The molecule has 1 heterocycles. The molecule has 0 radical (unpaired) electrons. The third kappa shape index (κ3) is 4.49. The van der Waals surface area contributed by atoms with E-state index in [-0.39, 0.29) is 5.91 Å². The predicted octanol–water partition coefficient (Wildman–Crippen LogP) is 3.28. The van der Waals surface area contributed by atoms with E-state index in [1.165, 1.54) is 0 Å². The van der Waals surface area contributed by atoms with Crippen LogP contribution in [0.15, 0.2) is 78.2 Å². The highest BCUT2D eigenvalue weighted by Crippen LogP contribution is 2.18. The number of aromatic nitrogens is 1. The normalized spacial score (nSPS) is 10.0. The van der Waals surface area contributed by atoms with Gasteiger partial charge in [-0.05, 0) is 60.7 Å². The Hall–Kier alpha value is -3.67. The van der Waals surface area contributed by atoms with Gasteiger partial charge in [0.15, 0.2) is 0 Å². The monoisotopic (exact) mass is 361 g/mol. The van der Waals surface area contributed by atoms with Crippen molar-refractivity contribution in [2.75, 3.05) is 14.2 Å². The first-order valence-corrected chi connectivity index (χ1v) is 8.28. The summed E-state index contributed by atoms with van der Waals surface area (Å²) >= 11 is 0. The van der Waals surface area contributed by atoms with Crippen molar-refractivity contribution in [3.05, 3.63) is 89.7 Å². The maximum atomic E-state index is 12.3. The Balaban J connectivity index is 1.93. The van der Waals surface area contributed by atoms with Gasteiger partial charge in [-0.25, -0.2) is 5.43 Å². The summed E-state index contributed by atoms with van der Waals surface area (Å²) in [7, 11) is 3.23. The van der Waals surface area contributed by atoms with Crippen molar-refractivity contribution in [3.8, 4) is 11.5 Å². The fraction of sp³-hybridized carbons (Fsp3) is 0.0952. The second-order valence-corrected chi connectivity index (χ2v) is 5.59. The SMILES string of the molecule is COc1ccc(C(=NNC(=O)c2ccncc2)c2ccc(OC)cc2)cc1. The number of benzene rings is 2. The molecule has 0 aliphatic heterocycles. The Bertz CT molecular complexity index is 872. The van der Waals surface area contributed by atoms with Crippen LogP contribution in [0.4, 0.5) is 0 Å². The molecule has 0 aliphatic carbocycles. The van der Waals surface area contributed by atoms with Crippen molar-refractivity contribution in [3.63, 3.8) is 0 Å². The zero-order valence-electron chi connectivity index (χ0n) is 15.0. The minimum Gasteiger partial charge on any atom is -0.497 e. The van der Waals surface area contributed by atoms with Gasteiger partial charge in [0.05, 0.1) is 19.9 Å². The molecule has 6 heteroatoms. The van der Waals surface area contributed by atoms with Crippen molar-refractivity contribution < 1.29 is 14.3 Å². The molecule has 0 bridgehead atoms. The maximum absolute atomic E-state index is 12.3. The van der Waals surface area contributed by atoms with Crippen LogP contribution in [0.1, 0.15) is 21.5 Å². The van der Waals surface area contributed by atoms with Gasteiger partial charge in [-0.15, -0.1) is 0 Å². The van der Waals surface area contributed by atoms with E-state index in [4.69, 9.17) is 9.47 Å². The first-order chi connectivity index (χ1) is 13.2. The first kappa shape index (κ1) is 18.1. The lowest BCUT2D eigenvalue weighted by Crippen LogP contribution is -2.20. The second-order valence-electron chi connectivity index (χ2n) is 5.59. The molecular weight excluding hydrogens is 342 g/mol. The van der Waals surface area contributed by atoms with Crippen LogP contribution in [0.3, 0.4) is 0 Å². The van der Waals surface area contributed by atoms with Gasteiger partial charge in [0, 0.05) is 29.1 Å². The molecule has 1 aromatic heterocycles. The Morgan fingerprint density at radius 3 is 1.70 bits per heavy atom. The molecule has 0 spiro atoms. The molecule has 3 aromatic rings. The van der Waals surface area contributed by atoms with Gasteiger partial charge in [0.25, 0.3) is 5.91 Å². The van der Waals surface area contributed by atoms with Gasteiger partial charge in [-0.2, -0.15) is 5.10 Å². The van der Waals surface area contributed by atoms with E-state index in [2.05, 4.69) is 15.5 Å². The number of hydrogen-bond donors (Lipinski definition) is 1. The largest absolute Gasteiger partial charge is 0.497 e. The Morgan fingerprint density at radius 2 is 1.26 bits per heavy atom. The summed E-state index contributed by atoms with van der Waals surface area (Å²) < 4.78 is 10.4. The molecule has 6 nitrogen and oxygen atoms in total. The van der Waals surface area contributed by atoms with Crippen LogP contribution in [0.5, 0.6) is 11.5 Å². The number of nitrogens with one attached hydrogen (secondary N) is 1. The minimum atomic E-state index is -0.308. The van der Waals surface area contributed by atoms with Gasteiger partial charge < -0.3 is 9.47 Å². The third-order valence-electron chi connectivity index (χ3n) is 3.94. The van der Waals surface area contributed by atoms with Gasteiger partial charge in [-0.3, -0.25) is 9.78 Å². The number of ether oxygens (including phenoxy) is 2. The number of hydrazone groups is 1. The summed E-state index contributed by atoms with van der Waals surface area (Å²) in [5, 5.41) is 4.37. The molecule has 27 heavy (non-hydrogen) atoms. The third-order valence-corrected chi connectivity index (χ3v) is 3.94. The molecule has 0 atom stereocenters. The number of pyridine rings is 1. The van der Waals surface area contributed by atoms with Crippen LogP contribution < -0.4 is 14.9 Å². The molecule has 136 valence electrons. The number of nitrogens with zero attached hydrogens (tertiary/aromatic N) is 2. The van der Waals surface area contributed by atoms with E-state index < -0.39 is 0 Å². The van der Waals surface area contributed by atoms with Crippen LogP contribution in [0.2, 0.25) is 0 Å². The molecule has 0 saturated carbocycles. The van der Waals surface area contributed by atoms with Crippen LogP contribution >= 0.6 is 0 Å². The van der Waals surface area contributed by atoms with Gasteiger partial charge in [0.2, 0.25) is 0 Å². The quantitative estimate of drug-likeness (QED) is 0.540. The molecule has 0 aliphatic rings. The lowest BCUT2D eigenvalue weighted by atomic mass is 10.0. The van der Waals surface area contributed by atoms with Gasteiger partial charge in [0.1, 0.15) is 11.5 Å². The Labute approximate surface area is 157 Å². The molecular formula is C21H19N3O3. The van der Waals surface area contributed by atoms with Crippen LogP contribution in [-0.4, -0.2) is 30.8 Å². The summed E-state index contributed by atoms with van der Waals surface area (Å²) in [5.74, 6) is 1.18. The molecule has 1 N–H and O–H groups in total. The van der Waals surface area contributed by atoms with Gasteiger partial charge >= 0.3 is 0 Å². The lowest BCUT2D eigenvalue weighted by molar-refractivity contribution is 0.0955. The molecule has 1 amide bonds. The van der Waals surface area contributed by atoms with Crippen molar-refractivity contribution in [1.29, 1.82) is 0 Å². The molecule has 0 fully saturated rings. The number of carbonyl (C=O) groups is 1. The molecule has 0 saturated heterocycles. The molecule has 2 aromatic carbocycles. The number of rotatable bonds is 6. The highest BCUT2D eigenvalue weighted by atomic mass is 16.5. The second kappa shape index (κ2) is 8.62. The van der Waals surface area contributed by atoms with E-state index in [9.17, 15) is 4.79 Å². The summed E-state index contributed by atoms with van der Waals surface area (Å²) in [6, 6.07) is 18.2. The van der Waals surface area contributed by atoms with E-state index in [1.807, 2.05) is 48.5 Å². The summed E-state index contributed by atoms with van der Waals surface area (Å²) in [4.78, 5) is 16.2. The van der Waals surface area contributed by atoms with Crippen LogP contribution in [0.25, 0.3) is 0 Å². The molecule has 3 rings (SSSR count). The zero-order valence-corrected chi connectivity index (χ0v) is 15.0. The van der Waals surface area contributed by atoms with E-state index in [0.717, 1.165) is 22.6 Å². The maximum Gasteiger partial charge on any atom is 0.271 e. The van der Waals surface area contributed by atoms with Crippen molar-refractivity contribution >= 4 is 11.6 Å². The lowest BCUT2D eigenvalue weighted by Gasteiger charge is -2.10. The fourth-order valence-corrected chi connectivity index (χ4v) is 2.47. The first-order valence-electron chi connectivity index (χ1n) is 8.28. The average molecular weight is 361 g/mol. The number of carbonyl (C=O) groups excluding carboxylic acids is 1. The standard InChI is InChI=1S/C21H19N3O3/c1-26-18-7-3-15(4-8-18)20(16-5-9-19(27-2)10-6-16)23-24-21(25)17-11-13-22-14-12-17/h3-14H,1-2H3,(H,24,25). The smallest absolute Gasteiger partial charge is 0.271 e. The average Bonchev–Trinajstić information content (AvgIpc) is 2.75. The highest BCUT2D eigenvalue weighted by Gasteiger charge is 2.10. The van der Waals surface area contributed by atoms with Crippen LogP contribution in [-0.2, 0) is 0 Å². The Kier molecular flexibility index (Phi) is 5.79. The number of amides is 1. The zero-order chi connectivity index (χ0) is 19.1. The Morgan fingerprint density at radius 1 is 0.778 bits per heavy atom. The topological polar surface area (TPSA) is 72.8 Å². The summed E-state index contributed by atoms with van der Waals surface area (Å²) in [6.07, 6.45) is 3.12.